The van der Waals surface area contributed by atoms with Crippen molar-refractivity contribution in [3.8, 4) is 0 Å². The quantitative estimate of drug-likeness (QED) is 0.399. The number of rotatable bonds is 3. The van der Waals surface area contributed by atoms with E-state index in [-0.39, 0.29) is 22.4 Å². The van der Waals surface area contributed by atoms with Gasteiger partial charge in [-0.3, -0.25) is 4.79 Å². The lowest BCUT2D eigenvalue weighted by molar-refractivity contribution is 0.0601. The van der Waals surface area contributed by atoms with Crippen LogP contribution in [0, 0.1) is 11.6 Å². The monoisotopic (exact) mass is 338 g/mol. The molecule has 0 saturated heterocycles. The number of ether oxygens (including phenoxy) is 1. The van der Waals surface area contributed by atoms with E-state index in [1.54, 1.807) is 0 Å². The number of carbonyl (C=O) groups excluding carboxylic acids is 2. The molecule has 126 valence electrons. The number of aromatic nitrogens is 2. The number of anilines is 1. The van der Waals surface area contributed by atoms with E-state index in [1.165, 1.54) is 12.1 Å². The van der Waals surface area contributed by atoms with Gasteiger partial charge in [0.05, 0.1) is 18.4 Å². The van der Waals surface area contributed by atoms with Gasteiger partial charge in [-0.2, -0.15) is 9.89 Å². The number of benzene rings is 1. The summed E-state index contributed by atoms with van der Waals surface area (Å²) in [5.74, 6) is 6.23. The Bertz CT molecular complexity index is 880. The lowest BCUT2D eigenvalue weighted by Gasteiger charge is -2.10. The lowest BCUT2D eigenvalue weighted by Crippen LogP contribution is -2.33. The number of nitrogen functional groups attached to an aromatic ring is 1. The first-order valence-corrected chi connectivity index (χ1v) is 6.35. The van der Waals surface area contributed by atoms with Crippen LogP contribution in [0.4, 0.5) is 14.5 Å². The summed E-state index contributed by atoms with van der Waals surface area (Å²) < 4.78 is 31.2. The van der Waals surface area contributed by atoms with E-state index in [4.69, 9.17) is 11.7 Å². The molecule has 0 bridgehead atoms. The van der Waals surface area contributed by atoms with E-state index in [2.05, 4.69) is 20.3 Å². The SMILES string of the molecule is COC(=O)c1cc(F)c(F)cc1NC(=O)c1cc/c(=N/N)n(N)n1. The highest BCUT2D eigenvalue weighted by molar-refractivity contribution is 6.07. The number of nitrogens with two attached hydrogens (primary N) is 2. The summed E-state index contributed by atoms with van der Waals surface area (Å²) in [6.45, 7) is 0. The van der Waals surface area contributed by atoms with Crippen molar-refractivity contribution < 1.29 is 23.1 Å². The molecule has 0 saturated carbocycles. The third kappa shape index (κ3) is 3.29. The first kappa shape index (κ1) is 16.9. The van der Waals surface area contributed by atoms with E-state index < -0.39 is 23.5 Å². The Balaban J connectivity index is 2.40. The summed E-state index contributed by atoms with van der Waals surface area (Å²) in [5.41, 5.74) is -0.734. The summed E-state index contributed by atoms with van der Waals surface area (Å²) in [6.07, 6.45) is 0. The predicted molar refractivity (Wildman–Crippen MR) is 77.8 cm³/mol. The Morgan fingerprint density at radius 1 is 1.29 bits per heavy atom. The third-order valence-electron chi connectivity index (χ3n) is 2.92. The second-order valence-corrected chi connectivity index (χ2v) is 4.41. The maximum atomic E-state index is 13.4. The minimum absolute atomic E-state index is 0.0922. The van der Waals surface area contributed by atoms with E-state index in [0.717, 1.165) is 11.9 Å². The van der Waals surface area contributed by atoms with Crippen LogP contribution in [-0.4, -0.2) is 28.9 Å². The number of methoxy groups -OCH3 is 1. The number of hydrogen-bond donors (Lipinski definition) is 3. The number of carbonyl (C=O) groups is 2. The van der Waals surface area contributed by atoms with Crippen LogP contribution >= 0.6 is 0 Å². The standard InChI is InChI=1S/C13H12F2N6O3/c1-24-13(23)6-4-7(14)8(15)5-10(6)18-12(22)9-2-3-11(19-16)21(17)20-9/h2-5H,16-17H2,1H3,(H,18,22)/b19-11-. The third-order valence-corrected chi connectivity index (χ3v) is 2.92. The molecule has 0 aliphatic carbocycles. The van der Waals surface area contributed by atoms with E-state index >= 15 is 0 Å². The van der Waals surface area contributed by atoms with Crippen molar-refractivity contribution in [3.05, 3.63) is 52.6 Å². The molecule has 5 N–H and O–H groups in total. The molecule has 1 heterocycles. The first-order valence-electron chi connectivity index (χ1n) is 6.35. The predicted octanol–water partition coefficient (Wildman–Crippen LogP) is -0.312. The van der Waals surface area contributed by atoms with Gasteiger partial charge >= 0.3 is 5.97 Å². The highest BCUT2D eigenvalue weighted by Gasteiger charge is 2.19. The van der Waals surface area contributed by atoms with E-state index in [1.807, 2.05) is 0 Å². The van der Waals surface area contributed by atoms with Crippen molar-refractivity contribution in [2.24, 2.45) is 10.9 Å². The summed E-state index contributed by atoms with van der Waals surface area (Å²) in [5, 5.41) is 9.25. The molecule has 0 unspecified atom stereocenters. The van der Waals surface area contributed by atoms with Crippen LogP contribution in [0.2, 0.25) is 0 Å². The molecule has 1 aromatic heterocycles. The topological polar surface area (TPSA) is 138 Å². The van der Waals surface area contributed by atoms with Crippen molar-refractivity contribution in [2.45, 2.75) is 0 Å². The highest BCUT2D eigenvalue weighted by atomic mass is 19.2. The highest BCUT2D eigenvalue weighted by Crippen LogP contribution is 2.21. The number of esters is 1. The minimum Gasteiger partial charge on any atom is -0.465 e. The second-order valence-electron chi connectivity index (χ2n) is 4.41. The lowest BCUT2D eigenvalue weighted by atomic mass is 10.1. The fourth-order valence-electron chi connectivity index (χ4n) is 1.77. The molecule has 2 aromatic rings. The van der Waals surface area contributed by atoms with Crippen LogP contribution in [0.5, 0.6) is 0 Å². The van der Waals surface area contributed by atoms with Crippen LogP contribution in [0.15, 0.2) is 29.4 Å². The van der Waals surface area contributed by atoms with Crippen LogP contribution in [0.1, 0.15) is 20.8 Å². The molecule has 24 heavy (non-hydrogen) atoms. The normalized spacial score (nSPS) is 11.2. The molecular weight excluding hydrogens is 326 g/mol. The number of nitrogens with one attached hydrogen (secondary N) is 1. The number of hydrogen-bond acceptors (Lipinski definition) is 7. The van der Waals surface area contributed by atoms with Crippen LogP contribution < -0.4 is 22.5 Å². The summed E-state index contributed by atoms with van der Waals surface area (Å²) in [6, 6.07) is 3.83. The molecule has 0 aliphatic rings. The van der Waals surface area contributed by atoms with Crippen molar-refractivity contribution in [1.82, 2.24) is 9.89 Å². The van der Waals surface area contributed by atoms with Gasteiger partial charge in [-0.1, -0.05) is 0 Å². The minimum atomic E-state index is -1.26. The van der Waals surface area contributed by atoms with Gasteiger partial charge in [0.25, 0.3) is 5.91 Å². The van der Waals surface area contributed by atoms with Crippen LogP contribution in [0.25, 0.3) is 0 Å². The van der Waals surface area contributed by atoms with Crippen molar-refractivity contribution in [3.63, 3.8) is 0 Å². The van der Waals surface area contributed by atoms with Gasteiger partial charge in [0.15, 0.2) is 22.8 Å². The fraction of sp³-hybridized carbons (Fsp3) is 0.0769. The van der Waals surface area contributed by atoms with E-state index in [9.17, 15) is 18.4 Å². The molecule has 11 heteroatoms. The molecule has 2 rings (SSSR count). The van der Waals surface area contributed by atoms with Gasteiger partial charge in [0, 0.05) is 6.07 Å². The first-order chi connectivity index (χ1) is 11.4. The van der Waals surface area contributed by atoms with Gasteiger partial charge in [0.2, 0.25) is 0 Å². The van der Waals surface area contributed by atoms with Gasteiger partial charge in [-0.25, -0.2) is 13.6 Å². The molecule has 0 radical (unpaired) electrons. The molecule has 1 aromatic carbocycles. The zero-order valence-electron chi connectivity index (χ0n) is 12.3. The Morgan fingerprint density at radius 3 is 2.54 bits per heavy atom. The summed E-state index contributed by atoms with van der Waals surface area (Å²) in [4.78, 5) is 24.5. The average Bonchev–Trinajstić information content (AvgIpc) is 2.57. The molecule has 0 atom stereocenters. The van der Waals surface area contributed by atoms with Crippen molar-refractivity contribution >= 4 is 17.6 Å². The van der Waals surface area contributed by atoms with Crippen molar-refractivity contribution in [1.29, 1.82) is 0 Å². The Morgan fingerprint density at radius 2 is 1.96 bits per heavy atom. The van der Waals surface area contributed by atoms with Crippen LogP contribution in [0.3, 0.4) is 0 Å². The number of nitrogens with zero attached hydrogens (tertiary/aromatic N) is 3. The molecular formula is C13H12F2N6O3. The maximum absolute atomic E-state index is 13.4. The second kappa shape index (κ2) is 6.73. The molecule has 0 aliphatic heterocycles. The van der Waals surface area contributed by atoms with Gasteiger partial charge in [-0.05, 0) is 18.2 Å². The zero-order valence-corrected chi connectivity index (χ0v) is 12.3. The van der Waals surface area contributed by atoms with Crippen LogP contribution in [-0.2, 0) is 4.74 Å². The van der Waals surface area contributed by atoms with Crippen molar-refractivity contribution in [2.75, 3.05) is 18.3 Å². The molecule has 9 nitrogen and oxygen atoms in total. The zero-order chi connectivity index (χ0) is 17.9. The van der Waals surface area contributed by atoms with Gasteiger partial charge in [0.1, 0.15) is 0 Å². The fourth-order valence-corrected chi connectivity index (χ4v) is 1.77. The largest absolute Gasteiger partial charge is 0.465 e. The van der Waals surface area contributed by atoms with Gasteiger partial charge in [-0.15, -0.1) is 5.10 Å². The summed E-state index contributed by atoms with van der Waals surface area (Å²) in [7, 11) is 1.06. The Kier molecular flexibility index (Phi) is 4.73. The summed E-state index contributed by atoms with van der Waals surface area (Å²) >= 11 is 0. The van der Waals surface area contributed by atoms with E-state index in [0.29, 0.717) is 12.1 Å². The maximum Gasteiger partial charge on any atom is 0.340 e. The Labute approximate surface area is 133 Å². The molecule has 0 fully saturated rings. The smallest absolute Gasteiger partial charge is 0.340 e. The number of amides is 1. The number of halogens is 2. The molecule has 1 amide bonds. The van der Waals surface area contributed by atoms with Gasteiger partial charge < -0.3 is 21.7 Å². The Hall–Kier alpha value is -3.50. The molecule has 0 spiro atoms. The average molecular weight is 338 g/mol.